The highest BCUT2D eigenvalue weighted by Crippen LogP contribution is 2.18. The molecule has 0 unspecified atom stereocenters. The number of hydrogen-bond donors (Lipinski definition) is 2. The molecule has 6 heteroatoms. The van der Waals surface area contributed by atoms with Crippen LogP contribution < -0.4 is 10.9 Å². The molecular formula is C21H32N4OS. The highest BCUT2D eigenvalue weighted by molar-refractivity contribution is 7.80. The van der Waals surface area contributed by atoms with E-state index in [0.717, 1.165) is 41.7 Å². The van der Waals surface area contributed by atoms with Gasteiger partial charge in [-0.1, -0.05) is 25.5 Å². The van der Waals surface area contributed by atoms with Crippen molar-refractivity contribution in [3.63, 3.8) is 0 Å². The molecule has 0 radical (unpaired) electrons. The van der Waals surface area contributed by atoms with Crippen LogP contribution in [0.5, 0.6) is 0 Å². The number of fused-ring (bicyclic) bond motifs is 1. The number of likely N-dealkylation sites (N-methyl/N-ethyl adjacent to an activating group) is 1. The lowest BCUT2D eigenvalue weighted by Crippen LogP contribution is -2.44. The molecule has 0 aliphatic heterocycles. The van der Waals surface area contributed by atoms with E-state index in [2.05, 4.69) is 53.0 Å². The number of benzene rings is 1. The number of pyridine rings is 1. The fourth-order valence-corrected chi connectivity index (χ4v) is 3.27. The van der Waals surface area contributed by atoms with Gasteiger partial charge in [-0.3, -0.25) is 4.79 Å². The Morgan fingerprint density at radius 1 is 1.19 bits per heavy atom. The number of rotatable bonds is 7. The van der Waals surface area contributed by atoms with Crippen LogP contribution in [0, 0.1) is 19.8 Å². The summed E-state index contributed by atoms with van der Waals surface area (Å²) in [6.45, 7) is 11.4. The first-order valence-electron chi connectivity index (χ1n) is 9.48. The SMILES string of the molecule is Cc1cc(C)c2[nH]c(=O)c(CN(CCN(C)C)C(=S)NCC(C)C)cc2c1. The quantitative estimate of drug-likeness (QED) is 0.714. The minimum Gasteiger partial charge on any atom is -0.362 e. The van der Waals surface area contributed by atoms with Crippen LogP contribution in [0.15, 0.2) is 23.0 Å². The molecule has 0 saturated heterocycles. The number of nitrogens with zero attached hydrogens (tertiary/aromatic N) is 2. The number of thiocarbonyl (C=S) groups is 1. The lowest BCUT2D eigenvalue weighted by molar-refractivity contribution is 0.321. The molecule has 0 spiro atoms. The summed E-state index contributed by atoms with van der Waals surface area (Å²) in [6.07, 6.45) is 0. The smallest absolute Gasteiger partial charge is 0.253 e. The van der Waals surface area contributed by atoms with Gasteiger partial charge < -0.3 is 20.1 Å². The minimum absolute atomic E-state index is 0.0454. The normalized spacial score (nSPS) is 11.4. The molecule has 0 aliphatic carbocycles. The fourth-order valence-electron chi connectivity index (χ4n) is 3.03. The Kier molecular flexibility index (Phi) is 7.39. The molecule has 2 aromatic rings. The third-order valence-corrected chi connectivity index (χ3v) is 4.90. The summed E-state index contributed by atoms with van der Waals surface area (Å²) in [4.78, 5) is 19.9. The van der Waals surface area contributed by atoms with E-state index in [1.807, 2.05) is 27.1 Å². The van der Waals surface area contributed by atoms with E-state index in [1.165, 1.54) is 5.56 Å². The van der Waals surface area contributed by atoms with Gasteiger partial charge >= 0.3 is 0 Å². The molecule has 2 rings (SSSR count). The Labute approximate surface area is 167 Å². The van der Waals surface area contributed by atoms with Crippen molar-refractivity contribution in [2.75, 3.05) is 33.7 Å². The van der Waals surface area contributed by atoms with Crippen molar-refractivity contribution in [1.82, 2.24) is 20.1 Å². The zero-order valence-electron chi connectivity index (χ0n) is 17.3. The molecule has 0 amide bonds. The lowest BCUT2D eigenvalue weighted by atomic mass is 10.1. The second-order valence-electron chi connectivity index (χ2n) is 7.97. The average Bonchev–Trinajstić information content (AvgIpc) is 2.57. The Hall–Kier alpha value is -1.92. The first kappa shape index (κ1) is 21.4. The number of aromatic amines is 1. The second kappa shape index (κ2) is 9.33. The van der Waals surface area contributed by atoms with Gasteiger partial charge in [0.05, 0.1) is 12.1 Å². The number of aryl methyl sites for hydroxylation is 2. The summed E-state index contributed by atoms with van der Waals surface area (Å²) >= 11 is 5.61. The van der Waals surface area contributed by atoms with E-state index in [4.69, 9.17) is 12.2 Å². The van der Waals surface area contributed by atoms with Crippen molar-refractivity contribution < 1.29 is 0 Å². The Morgan fingerprint density at radius 3 is 2.52 bits per heavy atom. The van der Waals surface area contributed by atoms with Crippen molar-refractivity contribution in [1.29, 1.82) is 0 Å². The van der Waals surface area contributed by atoms with Gasteiger partial charge in [0.2, 0.25) is 0 Å². The van der Waals surface area contributed by atoms with E-state index in [1.54, 1.807) is 0 Å². The summed E-state index contributed by atoms with van der Waals surface area (Å²) in [7, 11) is 4.08. The lowest BCUT2D eigenvalue weighted by Gasteiger charge is -2.27. The van der Waals surface area contributed by atoms with E-state index < -0.39 is 0 Å². The van der Waals surface area contributed by atoms with Crippen LogP contribution in [0.1, 0.15) is 30.5 Å². The van der Waals surface area contributed by atoms with Crippen molar-refractivity contribution in [3.8, 4) is 0 Å². The molecule has 1 aromatic carbocycles. The predicted molar refractivity (Wildman–Crippen MR) is 118 cm³/mol. The zero-order valence-corrected chi connectivity index (χ0v) is 18.2. The van der Waals surface area contributed by atoms with Gasteiger partial charge in [-0.05, 0) is 69.2 Å². The van der Waals surface area contributed by atoms with Crippen molar-refractivity contribution in [3.05, 3.63) is 45.2 Å². The highest BCUT2D eigenvalue weighted by Gasteiger charge is 2.14. The van der Waals surface area contributed by atoms with Gasteiger partial charge in [0.25, 0.3) is 5.56 Å². The van der Waals surface area contributed by atoms with Crippen LogP contribution in [-0.2, 0) is 6.54 Å². The first-order chi connectivity index (χ1) is 12.7. The molecule has 0 bridgehead atoms. The van der Waals surface area contributed by atoms with Crippen molar-refractivity contribution in [2.45, 2.75) is 34.2 Å². The molecule has 2 N–H and O–H groups in total. The third-order valence-electron chi connectivity index (χ3n) is 4.50. The van der Waals surface area contributed by atoms with Crippen LogP contribution in [-0.4, -0.2) is 53.6 Å². The van der Waals surface area contributed by atoms with E-state index in [9.17, 15) is 4.79 Å². The summed E-state index contributed by atoms with van der Waals surface area (Å²) in [6, 6.07) is 6.20. The number of nitrogens with one attached hydrogen (secondary N) is 2. The molecule has 27 heavy (non-hydrogen) atoms. The van der Waals surface area contributed by atoms with Gasteiger partial charge in [-0.25, -0.2) is 0 Å². The van der Waals surface area contributed by atoms with Crippen molar-refractivity contribution >= 4 is 28.2 Å². The largest absolute Gasteiger partial charge is 0.362 e. The van der Waals surface area contributed by atoms with Gasteiger partial charge in [0.1, 0.15) is 0 Å². The second-order valence-corrected chi connectivity index (χ2v) is 8.36. The summed E-state index contributed by atoms with van der Waals surface area (Å²) < 4.78 is 0. The van der Waals surface area contributed by atoms with Gasteiger partial charge in [-0.2, -0.15) is 0 Å². The molecule has 1 heterocycles. The molecule has 5 nitrogen and oxygen atoms in total. The molecular weight excluding hydrogens is 356 g/mol. The predicted octanol–water partition coefficient (Wildman–Crippen LogP) is 3.04. The van der Waals surface area contributed by atoms with Crippen LogP contribution >= 0.6 is 12.2 Å². The molecule has 148 valence electrons. The summed E-state index contributed by atoms with van der Waals surface area (Å²) in [5, 5.41) is 5.09. The van der Waals surface area contributed by atoms with Crippen LogP contribution in [0.25, 0.3) is 10.9 Å². The topological polar surface area (TPSA) is 51.4 Å². The fraction of sp³-hybridized carbons (Fsp3) is 0.524. The Balaban J connectivity index is 2.30. The summed E-state index contributed by atoms with van der Waals surface area (Å²) in [5.74, 6) is 0.508. The van der Waals surface area contributed by atoms with Gasteiger partial charge in [0.15, 0.2) is 5.11 Å². The highest BCUT2D eigenvalue weighted by atomic mass is 32.1. The molecule has 0 saturated carbocycles. The van der Waals surface area contributed by atoms with Crippen LogP contribution in [0.4, 0.5) is 0 Å². The van der Waals surface area contributed by atoms with E-state index >= 15 is 0 Å². The molecule has 0 aliphatic rings. The average molecular weight is 389 g/mol. The van der Waals surface area contributed by atoms with Crippen LogP contribution in [0.2, 0.25) is 0 Å². The van der Waals surface area contributed by atoms with Crippen molar-refractivity contribution in [2.24, 2.45) is 5.92 Å². The Morgan fingerprint density at radius 2 is 1.89 bits per heavy atom. The maximum absolute atomic E-state index is 12.7. The van der Waals surface area contributed by atoms with Gasteiger partial charge in [-0.15, -0.1) is 0 Å². The van der Waals surface area contributed by atoms with Gasteiger partial charge in [0, 0.05) is 25.2 Å². The van der Waals surface area contributed by atoms with E-state index in [0.29, 0.717) is 17.6 Å². The number of H-pyrrole nitrogens is 1. The molecule has 0 atom stereocenters. The van der Waals surface area contributed by atoms with Crippen LogP contribution in [0.3, 0.4) is 0 Å². The maximum atomic E-state index is 12.7. The standard InChI is InChI=1S/C21H32N4OS/c1-14(2)12-22-21(27)25(8-7-24(5)6)13-18-11-17-10-15(3)9-16(4)19(17)23-20(18)26/h9-11,14H,7-8,12-13H2,1-6H3,(H,22,27)(H,23,26). The molecule has 1 aromatic heterocycles. The third kappa shape index (κ3) is 6.04. The van der Waals surface area contributed by atoms with E-state index in [-0.39, 0.29) is 5.56 Å². The summed E-state index contributed by atoms with van der Waals surface area (Å²) in [5.41, 5.74) is 3.88. The number of hydrogen-bond acceptors (Lipinski definition) is 3. The minimum atomic E-state index is -0.0454. The maximum Gasteiger partial charge on any atom is 0.253 e. The molecule has 0 fully saturated rings. The monoisotopic (exact) mass is 388 g/mol. The first-order valence-corrected chi connectivity index (χ1v) is 9.89. The zero-order chi connectivity index (χ0) is 20.1. The number of aromatic nitrogens is 1. The Bertz CT molecular complexity index is 857.